The summed E-state index contributed by atoms with van der Waals surface area (Å²) in [6.45, 7) is 3.74. The van der Waals surface area contributed by atoms with Crippen LogP contribution in [-0.2, 0) is 11.2 Å². The number of thiophene rings is 1. The zero-order valence-electron chi connectivity index (χ0n) is 8.16. The van der Waals surface area contributed by atoms with Crippen LogP contribution in [0, 0.1) is 11.8 Å². The summed E-state index contributed by atoms with van der Waals surface area (Å²) in [6.07, 6.45) is 0.837. The van der Waals surface area contributed by atoms with Gasteiger partial charge in [0.25, 0.3) is 0 Å². The SMILES string of the molecule is CC(Cc1ccc(Br)s1)C(C)C(=O)O. The first kappa shape index (κ1) is 11.7. The van der Waals surface area contributed by atoms with Gasteiger partial charge >= 0.3 is 5.97 Å². The van der Waals surface area contributed by atoms with Gasteiger partial charge < -0.3 is 5.11 Å². The van der Waals surface area contributed by atoms with Gasteiger partial charge in [-0.25, -0.2) is 0 Å². The fourth-order valence-corrected chi connectivity index (χ4v) is 2.82. The van der Waals surface area contributed by atoms with Gasteiger partial charge in [0.1, 0.15) is 0 Å². The molecular formula is C10H13BrO2S. The monoisotopic (exact) mass is 276 g/mol. The second-order valence-corrected chi connectivity index (χ2v) is 6.06. The van der Waals surface area contributed by atoms with E-state index in [0.717, 1.165) is 10.2 Å². The minimum atomic E-state index is -0.715. The molecule has 2 atom stereocenters. The van der Waals surface area contributed by atoms with Gasteiger partial charge in [-0.2, -0.15) is 0 Å². The fraction of sp³-hybridized carbons (Fsp3) is 0.500. The topological polar surface area (TPSA) is 37.3 Å². The lowest BCUT2D eigenvalue weighted by atomic mass is 9.92. The van der Waals surface area contributed by atoms with E-state index in [-0.39, 0.29) is 11.8 Å². The first-order valence-electron chi connectivity index (χ1n) is 4.47. The molecule has 2 unspecified atom stereocenters. The second-order valence-electron chi connectivity index (χ2n) is 3.51. The Kier molecular flexibility index (Phi) is 4.13. The van der Waals surface area contributed by atoms with Crippen LogP contribution in [0.1, 0.15) is 18.7 Å². The number of halogens is 1. The van der Waals surface area contributed by atoms with E-state index < -0.39 is 5.97 Å². The Morgan fingerprint density at radius 1 is 1.57 bits per heavy atom. The number of carboxylic acid groups (broad SMARTS) is 1. The number of hydrogen-bond acceptors (Lipinski definition) is 2. The number of carbonyl (C=O) groups is 1. The normalized spacial score (nSPS) is 15.1. The average Bonchev–Trinajstić information content (AvgIpc) is 2.49. The summed E-state index contributed by atoms with van der Waals surface area (Å²) in [6, 6.07) is 4.04. The Bertz CT molecular complexity index is 322. The van der Waals surface area contributed by atoms with E-state index in [9.17, 15) is 4.79 Å². The third-order valence-corrected chi connectivity index (χ3v) is 4.04. The number of carboxylic acids is 1. The van der Waals surface area contributed by atoms with Crippen molar-refractivity contribution in [1.29, 1.82) is 0 Å². The lowest BCUT2D eigenvalue weighted by molar-refractivity contribution is -0.142. The van der Waals surface area contributed by atoms with E-state index in [2.05, 4.69) is 15.9 Å². The van der Waals surface area contributed by atoms with Crippen LogP contribution in [0.3, 0.4) is 0 Å². The van der Waals surface area contributed by atoms with Gasteiger partial charge in [-0.1, -0.05) is 13.8 Å². The molecule has 0 aliphatic heterocycles. The van der Waals surface area contributed by atoms with Crippen molar-refractivity contribution in [2.75, 3.05) is 0 Å². The lowest BCUT2D eigenvalue weighted by Gasteiger charge is -2.14. The van der Waals surface area contributed by atoms with Crippen LogP contribution >= 0.6 is 27.3 Å². The molecule has 1 N–H and O–H groups in total. The highest BCUT2D eigenvalue weighted by atomic mass is 79.9. The Morgan fingerprint density at radius 2 is 2.21 bits per heavy atom. The Labute approximate surface area is 96.1 Å². The largest absolute Gasteiger partial charge is 0.481 e. The average molecular weight is 277 g/mol. The zero-order valence-corrected chi connectivity index (χ0v) is 10.6. The molecule has 0 bridgehead atoms. The maximum atomic E-state index is 10.7. The molecule has 0 fully saturated rings. The molecule has 1 aromatic rings. The third-order valence-electron chi connectivity index (χ3n) is 2.40. The van der Waals surface area contributed by atoms with E-state index >= 15 is 0 Å². The molecule has 14 heavy (non-hydrogen) atoms. The van der Waals surface area contributed by atoms with Crippen molar-refractivity contribution in [2.45, 2.75) is 20.3 Å². The first-order valence-corrected chi connectivity index (χ1v) is 6.08. The first-order chi connectivity index (χ1) is 6.50. The van der Waals surface area contributed by atoms with Crippen molar-refractivity contribution in [3.05, 3.63) is 20.8 Å². The standard InChI is InChI=1S/C10H13BrO2S/c1-6(7(2)10(12)13)5-8-3-4-9(11)14-8/h3-4,6-7H,5H2,1-2H3,(H,12,13). The van der Waals surface area contributed by atoms with Gasteiger partial charge in [-0.3, -0.25) is 4.79 Å². The molecule has 78 valence electrons. The number of hydrogen-bond donors (Lipinski definition) is 1. The summed E-state index contributed by atoms with van der Waals surface area (Å²) in [7, 11) is 0. The minimum Gasteiger partial charge on any atom is -0.481 e. The van der Waals surface area contributed by atoms with E-state index in [1.165, 1.54) is 4.88 Å². The Hall–Kier alpha value is -0.350. The second kappa shape index (κ2) is 4.94. The quantitative estimate of drug-likeness (QED) is 0.915. The van der Waals surface area contributed by atoms with Crippen molar-refractivity contribution in [3.8, 4) is 0 Å². The number of aliphatic carboxylic acids is 1. The molecule has 0 saturated heterocycles. The molecule has 0 aromatic carbocycles. The molecule has 0 saturated carbocycles. The summed E-state index contributed by atoms with van der Waals surface area (Å²) in [5, 5.41) is 8.83. The fourth-order valence-electron chi connectivity index (χ4n) is 1.20. The van der Waals surface area contributed by atoms with Crippen LogP contribution in [-0.4, -0.2) is 11.1 Å². The van der Waals surface area contributed by atoms with Gasteiger partial charge in [-0.15, -0.1) is 11.3 Å². The number of rotatable bonds is 4. The minimum absolute atomic E-state index is 0.179. The van der Waals surface area contributed by atoms with Crippen molar-refractivity contribution in [1.82, 2.24) is 0 Å². The highest BCUT2D eigenvalue weighted by Gasteiger charge is 2.19. The van der Waals surface area contributed by atoms with Gasteiger partial charge in [0.2, 0.25) is 0 Å². The third kappa shape index (κ3) is 3.10. The van der Waals surface area contributed by atoms with E-state index in [4.69, 9.17) is 5.11 Å². The molecule has 0 radical (unpaired) electrons. The van der Waals surface area contributed by atoms with E-state index in [1.807, 2.05) is 19.1 Å². The van der Waals surface area contributed by atoms with E-state index in [1.54, 1.807) is 18.3 Å². The van der Waals surface area contributed by atoms with Crippen molar-refractivity contribution < 1.29 is 9.90 Å². The van der Waals surface area contributed by atoms with Crippen LogP contribution < -0.4 is 0 Å². The molecule has 2 nitrogen and oxygen atoms in total. The van der Waals surface area contributed by atoms with Gasteiger partial charge in [0.15, 0.2) is 0 Å². The van der Waals surface area contributed by atoms with Crippen LogP contribution in [0.4, 0.5) is 0 Å². The molecule has 1 heterocycles. The molecule has 1 aromatic heterocycles. The van der Waals surface area contributed by atoms with Crippen molar-refractivity contribution in [3.63, 3.8) is 0 Å². The smallest absolute Gasteiger partial charge is 0.306 e. The molecule has 0 spiro atoms. The van der Waals surface area contributed by atoms with Crippen molar-refractivity contribution in [2.24, 2.45) is 11.8 Å². The van der Waals surface area contributed by atoms with Crippen LogP contribution in [0.5, 0.6) is 0 Å². The molecule has 0 aliphatic rings. The maximum absolute atomic E-state index is 10.7. The summed E-state index contributed by atoms with van der Waals surface area (Å²) in [5.41, 5.74) is 0. The summed E-state index contributed by atoms with van der Waals surface area (Å²) >= 11 is 5.06. The maximum Gasteiger partial charge on any atom is 0.306 e. The van der Waals surface area contributed by atoms with Crippen LogP contribution in [0.25, 0.3) is 0 Å². The molecule has 0 amide bonds. The highest BCUT2D eigenvalue weighted by molar-refractivity contribution is 9.11. The highest BCUT2D eigenvalue weighted by Crippen LogP contribution is 2.26. The van der Waals surface area contributed by atoms with Gasteiger partial charge in [-0.05, 0) is 40.4 Å². The molecule has 0 aliphatic carbocycles. The summed E-state index contributed by atoms with van der Waals surface area (Å²) in [4.78, 5) is 12.0. The van der Waals surface area contributed by atoms with E-state index in [0.29, 0.717) is 0 Å². The van der Waals surface area contributed by atoms with Crippen LogP contribution in [0.2, 0.25) is 0 Å². The molecule has 1 rings (SSSR count). The summed E-state index contributed by atoms with van der Waals surface area (Å²) < 4.78 is 1.10. The van der Waals surface area contributed by atoms with Crippen molar-refractivity contribution >= 4 is 33.2 Å². The predicted molar refractivity (Wildman–Crippen MR) is 61.7 cm³/mol. The lowest BCUT2D eigenvalue weighted by Crippen LogP contribution is -2.19. The van der Waals surface area contributed by atoms with Gasteiger partial charge in [0.05, 0.1) is 9.70 Å². The zero-order chi connectivity index (χ0) is 10.7. The van der Waals surface area contributed by atoms with Gasteiger partial charge in [0, 0.05) is 4.88 Å². The van der Waals surface area contributed by atoms with Crippen LogP contribution in [0.15, 0.2) is 15.9 Å². The Morgan fingerprint density at radius 3 is 2.64 bits per heavy atom. The molecule has 4 heteroatoms. The predicted octanol–water partition coefficient (Wildman–Crippen LogP) is 3.41. The summed E-state index contributed by atoms with van der Waals surface area (Å²) in [5.74, 6) is -0.818. The Balaban J connectivity index is 2.56. The molecular weight excluding hydrogens is 264 g/mol.